The highest BCUT2D eigenvalue weighted by Crippen LogP contribution is 2.31. The third-order valence-electron chi connectivity index (χ3n) is 4.84. The Morgan fingerprint density at radius 2 is 2.00 bits per heavy atom. The highest BCUT2D eigenvalue weighted by atomic mass is 32.2. The molecule has 6 heteroatoms. The maximum absolute atomic E-state index is 12.4. The van der Waals surface area contributed by atoms with Gasteiger partial charge in [0.15, 0.2) is 0 Å². The molecule has 1 saturated carbocycles. The second kappa shape index (κ2) is 6.51. The first-order valence-corrected chi connectivity index (χ1v) is 10.1. The molecule has 1 fully saturated rings. The summed E-state index contributed by atoms with van der Waals surface area (Å²) in [5.41, 5.74) is 2.30. The fourth-order valence-electron chi connectivity index (χ4n) is 3.47. The molecule has 0 spiro atoms. The van der Waals surface area contributed by atoms with E-state index in [4.69, 9.17) is 0 Å². The largest absolute Gasteiger partial charge is 0.349 e. The van der Waals surface area contributed by atoms with Crippen molar-refractivity contribution in [1.82, 2.24) is 5.32 Å². The molecule has 126 valence electrons. The number of hydrogen-bond donors (Lipinski definition) is 1. The Kier molecular flexibility index (Phi) is 4.62. The molecule has 3 rings (SSSR count). The number of fused-ring (bicyclic) bond motifs is 1. The smallest absolute Gasteiger partial charge is 0.251 e. The number of rotatable bonds is 4. The minimum Gasteiger partial charge on any atom is -0.349 e. The highest BCUT2D eigenvalue weighted by molar-refractivity contribution is 7.92. The van der Waals surface area contributed by atoms with E-state index in [2.05, 4.69) is 5.32 Å². The van der Waals surface area contributed by atoms with Crippen LogP contribution in [0.4, 0.5) is 5.69 Å². The van der Waals surface area contributed by atoms with Crippen LogP contribution in [0.2, 0.25) is 0 Å². The lowest BCUT2D eigenvalue weighted by Gasteiger charge is -2.23. The maximum Gasteiger partial charge on any atom is 0.251 e. The summed E-state index contributed by atoms with van der Waals surface area (Å²) in [6, 6.07) is 5.63. The van der Waals surface area contributed by atoms with Crippen LogP contribution >= 0.6 is 0 Å². The van der Waals surface area contributed by atoms with Gasteiger partial charge in [-0.2, -0.15) is 0 Å². The van der Waals surface area contributed by atoms with Crippen molar-refractivity contribution in [3.8, 4) is 0 Å². The third-order valence-corrected chi connectivity index (χ3v) is 6.62. The molecule has 1 aliphatic heterocycles. The molecule has 0 radical (unpaired) electrons. The van der Waals surface area contributed by atoms with Gasteiger partial charge in [0.05, 0.1) is 11.4 Å². The van der Waals surface area contributed by atoms with Crippen LogP contribution in [0.1, 0.15) is 54.9 Å². The molecule has 2 aliphatic rings. The van der Waals surface area contributed by atoms with Gasteiger partial charge in [0.25, 0.3) is 5.91 Å². The summed E-state index contributed by atoms with van der Waals surface area (Å²) in [6.07, 6.45) is 6.39. The first-order chi connectivity index (χ1) is 11.0. The summed E-state index contributed by atoms with van der Waals surface area (Å²) < 4.78 is 25.6. The average molecular weight is 336 g/mol. The molecule has 5 nitrogen and oxygen atoms in total. The van der Waals surface area contributed by atoms with Gasteiger partial charge in [-0.25, -0.2) is 8.42 Å². The third kappa shape index (κ3) is 3.37. The molecule has 0 unspecified atom stereocenters. The quantitative estimate of drug-likeness (QED) is 0.918. The normalized spacial score (nSPS) is 18.7. The van der Waals surface area contributed by atoms with Gasteiger partial charge in [0, 0.05) is 18.2 Å². The van der Waals surface area contributed by atoms with Crippen LogP contribution in [0.15, 0.2) is 18.2 Å². The topological polar surface area (TPSA) is 66.5 Å². The highest BCUT2D eigenvalue weighted by Gasteiger charge is 2.28. The number of nitrogens with zero attached hydrogens (tertiary/aromatic N) is 1. The second-order valence-electron chi connectivity index (χ2n) is 6.37. The predicted octanol–water partition coefficient (Wildman–Crippen LogP) is 2.46. The van der Waals surface area contributed by atoms with E-state index < -0.39 is 10.0 Å². The second-order valence-corrected chi connectivity index (χ2v) is 8.56. The van der Waals surface area contributed by atoms with E-state index in [1.54, 1.807) is 19.1 Å². The number of amides is 1. The van der Waals surface area contributed by atoms with Crippen molar-refractivity contribution in [2.75, 3.05) is 16.6 Å². The van der Waals surface area contributed by atoms with Gasteiger partial charge in [-0.15, -0.1) is 0 Å². The molecular formula is C17H24N2O3S. The van der Waals surface area contributed by atoms with Crippen LogP contribution in [-0.4, -0.2) is 32.7 Å². The molecule has 1 amide bonds. The minimum atomic E-state index is -3.23. The van der Waals surface area contributed by atoms with Crippen molar-refractivity contribution in [3.05, 3.63) is 29.3 Å². The van der Waals surface area contributed by atoms with Crippen molar-refractivity contribution in [1.29, 1.82) is 0 Å². The Balaban J connectivity index is 1.75. The lowest BCUT2D eigenvalue weighted by atomic mass is 9.95. The van der Waals surface area contributed by atoms with Crippen LogP contribution in [0.3, 0.4) is 0 Å². The molecule has 1 aromatic rings. The number of carbonyl (C=O) groups is 1. The number of benzene rings is 1. The summed E-state index contributed by atoms with van der Waals surface area (Å²) in [5.74, 6) is 0.0487. The molecule has 1 aliphatic carbocycles. The maximum atomic E-state index is 12.4. The number of nitrogens with one attached hydrogen (secondary N) is 1. The van der Waals surface area contributed by atoms with E-state index in [1.807, 2.05) is 6.07 Å². The van der Waals surface area contributed by atoms with Gasteiger partial charge in [-0.05, 0) is 49.9 Å². The van der Waals surface area contributed by atoms with Crippen LogP contribution < -0.4 is 9.62 Å². The van der Waals surface area contributed by atoms with E-state index in [-0.39, 0.29) is 17.7 Å². The molecular weight excluding hydrogens is 312 g/mol. The zero-order chi connectivity index (χ0) is 16.4. The molecule has 0 aromatic heterocycles. The van der Waals surface area contributed by atoms with Gasteiger partial charge in [0.2, 0.25) is 10.0 Å². The molecule has 0 atom stereocenters. The molecule has 0 bridgehead atoms. The molecule has 23 heavy (non-hydrogen) atoms. The summed E-state index contributed by atoms with van der Waals surface area (Å²) in [6.45, 7) is 2.12. The van der Waals surface area contributed by atoms with E-state index in [0.29, 0.717) is 18.5 Å². The Morgan fingerprint density at radius 1 is 1.26 bits per heavy atom. The van der Waals surface area contributed by atoms with Gasteiger partial charge < -0.3 is 5.32 Å². The summed E-state index contributed by atoms with van der Waals surface area (Å²) >= 11 is 0. The first-order valence-electron chi connectivity index (χ1n) is 8.45. The Hall–Kier alpha value is -1.56. The van der Waals surface area contributed by atoms with Gasteiger partial charge in [-0.1, -0.05) is 19.3 Å². The minimum absolute atomic E-state index is 0.0449. The fraction of sp³-hybridized carbons (Fsp3) is 0.588. The monoisotopic (exact) mass is 336 g/mol. The number of sulfonamides is 1. The summed E-state index contributed by atoms with van der Waals surface area (Å²) in [5, 5.41) is 3.11. The van der Waals surface area contributed by atoms with Crippen LogP contribution in [0.25, 0.3) is 0 Å². The van der Waals surface area contributed by atoms with Crippen LogP contribution in [0.5, 0.6) is 0 Å². The van der Waals surface area contributed by atoms with Crippen molar-refractivity contribution in [2.45, 2.75) is 51.5 Å². The fourth-order valence-corrected chi connectivity index (χ4v) is 4.63. The van der Waals surface area contributed by atoms with Crippen LogP contribution in [-0.2, 0) is 16.4 Å². The van der Waals surface area contributed by atoms with Crippen molar-refractivity contribution in [3.63, 3.8) is 0 Å². The van der Waals surface area contributed by atoms with E-state index in [1.165, 1.54) is 23.6 Å². The zero-order valence-corrected chi connectivity index (χ0v) is 14.4. The van der Waals surface area contributed by atoms with Gasteiger partial charge in [-0.3, -0.25) is 9.10 Å². The van der Waals surface area contributed by atoms with Gasteiger partial charge >= 0.3 is 0 Å². The number of hydrogen-bond acceptors (Lipinski definition) is 3. The van der Waals surface area contributed by atoms with Crippen molar-refractivity contribution in [2.24, 2.45) is 0 Å². The molecule has 1 N–H and O–H groups in total. The van der Waals surface area contributed by atoms with E-state index >= 15 is 0 Å². The average Bonchev–Trinajstić information content (AvgIpc) is 2.99. The summed E-state index contributed by atoms with van der Waals surface area (Å²) in [4.78, 5) is 12.4. The van der Waals surface area contributed by atoms with Crippen molar-refractivity contribution >= 4 is 21.6 Å². The Bertz CT molecular complexity index is 694. The van der Waals surface area contributed by atoms with E-state index in [9.17, 15) is 13.2 Å². The Labute approximate surface area is 138 Å². The lowest BCUT2D eigenvalue weighted by molar-refractivity contribution is 0.0927. The summed E-state index contributed by atoms with van der Waals surface area (Å²) in [7, 11) is -3.23. The zero-order valence-electron chi connectivity index (χ0n) is 13.5. The van der Waals surface area contributed by atoms with Gasteiger partial charge in [0.1, 0.15) is 0 Å². The standard InChI is InChI=1S/C17H24N2O3S/c1-2-23(21,22)19-11-10-13-12-14(8-9-16(13)19)17(20)18-15-6-4-3-5-7-15/h8-9,12,15H,2-7,10-11H2,1H3,(H,18,20). The SMILES string of the molecule is CCS(=O)(=O)N1CCc2cc(C(=O)NC3CCCCC3)ccc21. The number of carbonyl (C=O) groups excluding carboxylic acids is 1. The predicted molar refractivity (Wildman–Crippen MR) is 91.3 cm³/mol. The number of anilines is 1. The van der Waals surface area contributed by atoms with Crippen molar-refractivity contribution < 1.29 is 13.2 Å². The van der Waals surface area contributed by atoms with E-state index in [0.717, 1.165) is 24.1 Å². The molecule has 1 heterocycles. The van der Waals surface area contributed by atoms with Crippen LogP contribution in [0, 0.1) is 0 Å². The first kappa shape index (κ1) is 16.3. The molecule has 1 aromatic carbocycles. The lowest BCUT2D eigenvalue weighted by Crippen LogP contribution is -2.36. The molecule has 0 saturated heterocycles. The Morgan fingerprint density at radius 3 is 2.70 bits per heavy atom.